The first-order chi connectivity index (χ1) is 10.1. The molecule has 2 N–H and O–H groups in total. The van der Waals surface area contributed by atoms with Gasteiger partial charge in [0.05, 0.1) is 6.10 Å². The summed E-state index contributed by atoms with van der Waals surface area (Å²) < 4.78 is 5.78. The van der Waals surface area contributed by atoms with E-state index in [1.807, 2.05) is 30.3 Å². The highest BCUT2D eigenvalue weighted by Gasteiger charge is 1.99. The second-order valence-electron chi connectivity index (χ2n) is 5.40. The molecule has 0 spiro atoms. The van der Waals surface area contributed by atoms with Crippen LogP contribution in [-0.4, -0.2) is 17.8 Å². The normalized spacial score (nSPS) is 12.1. The van der Waals surface area contributed by atoms with Crippen molar-refractivity contribution in [1.82, 2.24) is 5.32 Å². The summed E-state index contributed by atoms with van der Waals surface area (Å²) in [5.74, 6) is 0.871. The summed E-state index contributed by atoms with van der Waals surface area (Å²) in [5, 5.41) is 12.4. The van der Waals surface area contributed by atoms with Crippen LogP contribution >= 0.6 is 0 Å². The molecule has 2 rings (SSSR count). The van der Waals surface area contributed by atoms with E-state index in [1.54, 1.807) is 6.92 Å². The van der Waals surface area contributed by atoms with Gasteiger partial charge in [0.2, 0.25) is 0 Å². The molecule has 0 fully saturated rings. The van der Waals surface area contributed by atoms with Gasteiger partial charge in [0, 0.05) is 13.1 Å². The SMILES string of the molecule is Cc1cccc(COc2ccc(CNC[C@H](C)O)cc2)c1. The first-order valence-corrected chi connectivity index (χ1v) is 7.29. The number of aliphatic hydroxyl groups is 1. The lowest BCUT2D eigenvalue weighted by atomic mass is 10.1. The third kappa shape index (κ3) is 5.58. The van der Waals surface area contributed by atoms with Crippen LogP contribution < -0.4 is 10.1 Å². The van der Waals surface area contributed by atoms with E-state index < -0.39 is 0 Å². The molecule has 0 saturated carbocycles. The smallest absolute Gasteiger partial charge is 0.119 e. The van der Waals surface area contributed by atoms with Crippen LogP contribution in [0.25, 0.3) is 0 Å². The van der Waals surface area contributed by atoms with Crippen molar-refractivity contribution in [2.24, 2.45) is 0 Å². The fourth-order valence-electron chi connectivity index (χ4n) is 2.10. The summed E-state index contributed by atoms with van der Waals surface area (Å²) in [6.45, 7) is 5.80. The molecule has 2 aromatic carbocycles. The third-order valence-electron chi connectivity index (χ3n) is 3.18. The zero-order chi connectivity index (χ0) is 15.1. The average molecular weight is 285 g/mol. The Balaban J connectivity index is 1.82. The number of aryl methyl sites for hydroxylation is 1. The molecular weight excluding hydrogens is 262 g/mol. The van der Waals surface area contributed by atoms with E-state index in [0.29, 0.717) is 13.2 Å². The van der Waals surface area contributed by atoms with Gasteiger partial charge in [-0.15, -0.1) is 0 Å². The van der Waals surface area contributed by atoms with Crippen molar-refractivity contribution >= 4 is 0 Å². The maximum absolute atomic E-state index is 9.19. The molecule has 112 valence electrons. The second-order valence-corrected chi connectivity index (χ2v) is 5.40. The number of ether oxygens (including phenoxy) is 1. The molecule has 0 aliphatic heterocycles. The zero-order valence-corrected chi connectivity index (χ0v) is 12.7. The van der Waals surface area contributed by atoms with Crippen molar-refractivity contribution < 1.29 is 9.84 Å². The summed E-state index contributed by atoms with van der Waals surface area (Å²) in [6, 6.07) is 16.4. The molecule has 0 saturated heterocycles. The van der Waals surface area contributed by atoms with E-state index in [4.69, 9.17) is 4.74 Å². The van der Waals surface area contributed by atoms with E-state index in [0.717, 1.165) is 12.3 Å². The number of aliphatic hydroxyl groups excluding tert-OH is 1. The summed E-state index contributed by atoms with van der Waals surface area (Å²) in [7, 11) is 0. The Labute approximate surface area is 126 Å². The standard InChI is InChI=1S/C18H23NO2/c1-14-4-3-5-17(10-14)13-21-18-8-6-16(7-9-18)12-19-11-15(2)20/h3-10,15,19-20H,11-13H2,1-2H3/t15-/m0/s1. The van der Waals surface area contributed by atoms with Crippen molar-refractivity contribution in [2.45, 2.75) is 33.1 Å². The monoisotopic (exact) mass is 285 g/mol. The van der Waals surface area contributed by atoms with Crippen LogP contribution in [0.3, 0.4) is 0 Å². The number of hydrogen-bond acceptors (Lipinski definition) is 3. The van der Waals surface area contributed by atoms with E-state index in [-0.39, 0.29) is 6.10 Å². The summed E-state index contributed by atoms with van der Waals surface area (Å²) >= 11 is 0. The van der Waals surface area contributed by atoms with E-state index >= 15 is 0 Å². The number of nitrogens with one attached hydrogen (secondary N) is 1. The zero-order valence-electron chi connectivity index (χ0n) is 12.7. The summed E-state index contributed by atoms with van der Waals surface area (Å²) in [4.78, 5) is 0. The molecule has 0 radical (unpaired) electrons. The Hall–Kier alpha value is -1.84. The molecule has 1 atom stereocenters. The highest BCUT2D eigenvalue weighted by atomic mass is 16.5. The van der Waals surface area contributed by atoms with E-state index in [1.165, 1.54) is 16.7 Å². The Kier molecular flexibility index (Phi) is 5.78. The quantitative estimate of drug-likeness (QED) is 0.821. The van der Waals surface area contributed by atoms with Crippen LogP contribution in [0.4, 0.5) is 0 Å². The van der Waals surface area contributed by atoms with Crippen LogP contribution in [0.1, 0.15) is 23.6 Å². The topological polar surface area (TPSA) is 41.5 Å². The number of benzene rings is 2. The molecule has 0 aliphatic rings. The molecular formula is C18H23NO2. The molecule has 3 nitrogen and oxygen atoms in total. The van der Waals surface area contributed by atoms with Gasteiger partial charge in [-0.1, -0.05) is 42.0 Å². The molecule has 0 amide bonds. The van der Waals surface area contributed by atoms with Crippen LogP contribution in [0.5, 0.6) is 5.75 Å². The van der Waals surface area contributed by atoms with Gasteiger partial charge in [0.1, 0.15) is 12.4 Å². The van der Waals surface area contributed by atoms with Crippen molar-refractivity contribution in [1.29, 1.82) is 0 Å². The fraction of sp³-hybridized carbons (Fsp3) is 0.333. The van der Waals surface area contributed by atoms with Gasteiger partial charge in [-0.3, -0.25) is 0 Å². The highest BCUT2D eigenvalue weighted by Crippen LogP contribution is 2.14. The third-order valence-corrected chi connectivity index (χ3v) is 3.18. The maximum Gasteiger partial charge on any atom is 0.119 e. The fourth-order valence-corrected chi connectivity index (χ4v) is 2.10. The minimum absolute atomic E-state index is 0.318. The lowest BCUT2D eigenvalue weighted by molar-refractivity contribution is 0.191. The average Bonchev–Trinajstić information content (AvgIpc) is 2.46. The second kappa shape index (κ2) is 7.81. The Morgan fingerprint density at radius 3 is 2.52 bits per heavy atom. The largest absolute Gasteiger partial charge is 0.489 e. The highest BCUT2D eigenvalue weighted by molar-refractivity contribution is 5.28. The van der Waals surface area contributed by atoms with Gasteiger partial charge in [0.15, 0.2) is 0 Å². The van der Waals surface area contributed by atoms with Crippen molar-refractivity contribution in [2.75, 3.05) is 6.54 Å². The van der Waals surface area contributed by atoms with Crippen molar-refractivity contribution in [3.05, 3.63) is 65.2 Å². The predicted octanol–water partition coefficient (Wildman–Crippen LogP) is 3.04. The van der Waals surface area contributed by atoms with Gasteiger partial charge in [-0.25, -0.2) is 0 Å². The van der Waals surface area contributed by atoms with Gasteiger partial charge in [-0.2, -0.15) is 0 Å². The summed E-state index contributed by atoms with van der Waals surface area (Å²) in [6.07, 6.45) is -0.318. The van der Waals surface area contributed by atoms with E-state index in [9.17, 15) is 5.11 Å². The van der Waals surface area contributed by atoms with Crippen LogP contribution in [-0.2, 0) is 13.2 Å². The summed E-state index contributed by atoms with van der Waals surface area (Å²) in [5.41, 5.74) is 3.60. The van der Waals surface area contributed by atoms with Crippen molar-refractivity contribution in [3.63, 3.8) is 0 Å². The predicted molar refractivity (Wildman–Crippen MR) is 85.3 cm³/mol. The van der Waals surface area contributed by atoms with Crippen LogP contribution in [0, 0.1) is 6.92 Å². The number of rotatable bonds is 7. The Morgan fingerprint density at radius 1 is 1.10 bits per heavy atom. The Morgan fingerprint density at radius 2 is 1.86 bits per heavy atom. The van der Waals surface area contributed by atoms with Gasteiger partial charge < -0.3 is 15.2 Å². The molecule has 3 heteroatoms. The molecule has 0 aromatic heterocycles. The van der Waals surface area contributed by atoms with Crippen molar-refractivity contribution in [3.8, 4) is 5.75 Å². The minimum atomic E-state index is -0.318. The Bertz CT molecular complexity index is 549. The van der Waals surface area contributed by atoms with Gasteiger partial charge in [0.25, 0.3) is 0 Å². The van der Waals surface area contributed by atoms with Crippen LogP contribution in [0.15, 0.2) is 48.5 Å². The number of hydrogen-bond donors (Lipinski definition) is 2. The lowest BCUT2D eigenvalue weighted by Crippen LogP contribution is -2.23. The molecule has 0 unspecified atom stereocenters. The van der Waals surface area contributed by atoms with E-state index in [2.05, 4.69) is 30.4 Å². The minimum Gasteiger partial charge on any atom is -0.489 e. The molecule has 0 heterocycles. The van der Waals surface area contributed by atoms with Gasteiger partial charge in [-0.05, 0) is 37.1 Å². The maximum atomic E-state index is 9.19. The van der Waals surface area contributed by atoms with Gasteiger partial charge >= 0.3 is 0 Å². The molecule has 0 bridgehead atoms. The molecule has 0 aliphatic carbocycles. The first kappa shape index (κ1) is 15.5. The lowest BCUT2D eigenvalue weighted by Gasteiger charge is -2.09. The molecule has 2 aromatic rings. The molecule has 21 heavy (non-hydrogen) atoms. The van der Waals surface area contributed by atoms with Crippen LogP contribution in [0.2, 0.25) is 0 Å². The first-order valence-electron chi connectivity index (χ1n) is 7.29.